The second-order valence-electron chi connectivity index (χ2n) is 4.37. The Balaban J connectivity index is 2.01. The van der Waals surface area contributed by atoms with E-state index in [2.05, 4.69) is 10.1 Å². The normalized spacial score (nSPS) is 10.8. The Bertz CT molecular complexity index is 795. The number of phenolic OH excluding ortho intramolecular Hbond substituents is 1. The van der Waals surface area contributed by atoms with Crippen molar-refractivity contribution in [3.05, 3.63) is 59.5 Å². The fourth-order valence-electron chi connectivity index (χ4n) is 2.04. The number of nitrogens with zero attached hydrogens (tertiary/aromatic N) is 3. The number of hydrogen-bond donors (Lipinski definition) is 2. The number of fused-ring (bicyclic) bond motifs is 1. The zero-order valence-corrected chi connectivity index (χ0v) is 10.4. The zero-order valence-electron chi connectivity index (χ0n) is 10.4. The second-order valence-corrected chi connectivity index (χ2v) is 4.37. The number of phenols is 1. The quantitative estimate of drug-likeness (QED) is 0.756. The van der Waals surface area contributed by atoms with E-state index >= 15 is 0 Å². The summed E-state index contributed by atoms with van der Waals surface area (Å²) >= 11 is 0. The Morgan fingerprint density at radius 3 is 2.85 bits per heavy atom. The van der Waals surface area contributed by atoms with Crippen LogP contribution in [0.15, 0.2) is 42.6 Å². The minimum absolute atomic E-state index is 0.113. The fourth-order valence-corrected chi connectivity index (χ4v) is 2.04. The van der Waals surface area contributed by atoms with Crippen LogP contribution in [0.1, 0.15) is 21.7 Å². The van der Waals surface area contributed by atoms with E-state index < -0.39 is 5.97 Å². The number of aromatic hydroxyl groups is 1. The molecule has 0 aliphatic rings. The predicted molar refractivity (Wildman–Crippen MR) is 70.9 cm³/mol. The first-order valence-electron chi connectivity index (χ1n) is 5.99. The van der Waals surface area contributed by atoms with E-state index in [1.165, 1.54) is 10.6 Å². The van der Waals surface area contributed by atoms with E-state index in [-0.39, 0.29) is 11.3 Å². The summed E-state index contributed by atoms with van der Waals surface area (Å²) in [6.45, 7) is 0. The molecule has 2 aromatic heterocycles. The second kappa shape index (κ2) is 4.65. The van der Waals surface area contributed by atoms with Gasteiger partial charge in [-0.15, -0.1) is 0 Å². The van der Waals surface area contributed by atoms with E-state index in [0.29, 0.717) is 17.9 Å². The van der Waals surface area contributed by atoms with Gasteiger partial charge in [0.05, 0.1) is 0 Å². The molecule has 20 heavy (non-hydrogen) atoms. The molecular weight excluding hydrogens is 258 g/mol. The van der Waals surface area contributed by atoms with Crippen LogP contribution in [0.3, 0.4) is 0 Å². The van der Waals surface area contributed by atoms with Crippen LogP contribution in [0.25, 0.3) is 5.65 Å². The van der Waals surface area contributed by atoms with Crippen LogP contribution < -0.4 is 0 Å². The predicted octanol–water partition coefficient (Wildman–Crippen LogP) is 1.72. The summed E-state index contributed by atoms with van der Waals surface area (Å²) in [6, 6.07) is 9.91. The SMILES string of the molecule is O=C(O)c1cccn2nc(Cc3cccc(O)c3)nc12. The molecule has 100 valence electrons. The number of carbonyl (C=O) groups is 1. The molecule has 0 spiro atoms. The molecular formula is C14H11N3O3. The molecule has 2 N–H and O–H groups in total. The van der Waals surface area contributed by atoms with Crippen LogP contribution >= 0.6 is 0 Å². The van der Waals surface area contributed by atoms with E-state index in [9.17, 15) is 9.90 Å². The molecule has 0 radical (unpaired) electrons. The number of rotatable bonds is 3. The zero-order chi connectivity index (χ0) is 14.1. The Morgan fingerprint density at radius 1 is 1.25 bits per heavy atom. The van der Waals surface area contributed by atoms with Gasteiger partial charge >= 0.3 is 5.97 Å². The summed E-state index contributed by atoms with van der Waals surface area (Å²) < 4.78 is 1.45. The number of benzene rings is 1. The van der Waals surface area contributed by atoms with Gasteiger partial charge in [-0.05, 0) is 29.8 Å². The van der Waals surface area contributed by atoms with Crippen LogP contribution in [0.4, 0.5) is 0 Å². The van der Waals surface area contributed by atoms with Crippen LogP contribution in [0, 0.1) is 0 Å². The third-order valence-electron chi connectivity index (χ3n) is 2.91. The van der Waals surface area contributed by atoms with Gasteiger partial charge in [-0.25, -0.2) is 14.3 Å². The number of carboxylic acid groups (broad SMARTS) is 1. The molecule has 6 heteroatoms. The van der Waals surface area contributed by atoms with E-state index in [4.69, 9.17) is 5.11 Å². The van der Waals surface area contributed by atoms with E-state index in [1.54, 1.807) is 30.5 Å². The van der Waals surface area contributed by atoms with Gasteiger partial charge in [-0.1, -0.05) is 12.1 Å². The first-order chi connectivity index (χ1) is 9.63. The van der Waals surface area contributed by atoms with Crippen molar-refractivity contribution in [2.24, 2.45) is 0 Å². The Hall–Kier alpha value is -2.89. The molecule has 0 saturated heterocycles. The first-order valence-corrected chi connectivity index (χ1v) is 5.99. The minimum atomic E-state index is -1.04. The summed E-state index contributed by atoms with van der Waals surface area (Å²) in [5, 5.41) is 22.8. The minimum Gasteiger partial charge on any atom is -0.508 e. The molecule has 3 rings (SSSR count). The van der Waals surface area contributed by atoms with Crippen LogP contribution in [-0.2, 0) is 6.42 Å². The van der Waals surface area contributed by atoms with E-state index in [1.807, 2.05) is 6.07 Å². The highest BCUT2D eigenvalue weighted by Gasteiger charge is 2.13. The van der Waals surface area contributed by atoms with Crippen LogP contribution in [0.5, 0.6) is 5.75 Å². The summed E-state index contributed by atoms with van der Waals surface area (Å²) in [5.41, 5.74) is 1.29. The molecule has 0 amide bonds. The molecule has 0 atom stereocenters. The highest BCUT2D eigenvalue weighted by Crippen LogP contribution is 2.15. The van der Waals surface area contributed by atoms with Crippen molar-refractivity contribution < 1.29 is 15.0 Å². The molecule has 1 aromatic carbocycles. The number of aromatic nitrogens is 3. The van der Waals surface area contributed by atoms with Crippen molar-refractivity contribution in [1.82, 2.24) is 14.6 Å². The highest BCUT2D eigenvalue weighted by molar-refractivity contribution is 5.94. The van der Waals surface area contributed by atoms with Crippen molar-refractivity contribution in [2.75, 3.05) is 0 Å². The number of hydrogen-bond acceptors (Lipinski definition) is 4. The largest absolute Gasteiger partial charge is 0.508 e. The molecule has 0 unspecified atom stereocenters. The van der Waals surface area contributed by atoms with Crippen molar-refractivity contribution in [2.45, 2.75) is 6.42 Å². The standard InChI is InChI=1S/C14H11N3O3/c18-10-4-1-3-9(7-10)8-12-15-13-11(14(19)20)5-2-6-17(13)16-12/h1-7,18H,8H2,(H,19,20). The van der Waals surface area contributed by atoms with Crippen LogP contribution in [0.2, 0.25) is 0 Å². The molecule has 2 heterocycles. The maximum Gasteiger partial charge on any atom is 0.339 e. The topological polar surface area (TPSA) is 87.7 Å². The maximum absolute atomic E-state index is 11.1. The van der Waals surface area contributed by atoms with Gasteiger partial charge in [0.15, 0.2) is 11.5 Å². The van der Waals surface area contributed by atoms with Gasteiger partial charge in [0.25, 0.3) is 0 Å². The Labute approximate surface area is 113 Å². The van der Waals surface area contributed by atoms with Gasteiger partial charge < -0.3 is 10.2 Å². The van der Waals surface area contributed by atoms with E-state index in [0.717, 1.165) is 5.56 Å². The van der Waals surface area contributed by atoms with Gasteiger partial charge in [-0.2, -0.15) is 5.10 Å². The van der Waals surface area contributed by atoms with Gasteiger partial charge in [0.2, 0.25) is 0 Å². The molecule has 0 fully saturated rings. The lowest BCUT2D eigenvalue weighted by molar-refractivity contribution is 0.0698. The highest BCUT2D eigenvalue weighted by atomic mass is 16.4. The average Bonchev–Trinajstić information content (AvgIpc) is 2.80. The maximum atomic E-state index is 11.1. The number of carboxylic acids is 1. The van der Waals surface area contributed by atoms with Crippen LogP contribution in [-0.4, -0.2) is 30.8 Å². The number of aromatic carboxylic acids is 1. The third kappa shape index (κ3) is 2.18. The fraction of sp³-hybridized carbons (Fsp3) is 0.0714. The molecule has 0 saturated carbocycles. The average molecular weight is 269 g/mol. The first kappa shape index (κ1) is 12.2. The Kier molecular flexibility index (Phi) is 2.83. The van der Waals surface area contributed by atoms with Crippen molar-refractivity contribution in [1.29, 1.82) is 0 Å². The lowest BCUT2D eigenvalue weighted by atomic mass is 10.1. The molecule has 0 aliphatic heterocycles. The molecule has 0 aliphatic carbocycles. The molecule has 6 nitrogen and oxygen atoms in total. The summed E-state index contributed by atoms with van der Waals surface area (Å²) in [6.07, 6.45) is 2.08. The lowest BCUT2D eigenvalue weighted by Gasteiger charge is -1.97. The Morgan fingerprint density at radius 2 is 2.10 bits per heavy atom. The smallest absolute Gasteiger partial charge is 0.339 e. The summed E-state index contributed by atoms with van der Waals surface area (Å²) in [7, 11) is 0. The van der Waals surface area contributed by atoms with Crippen molar-refractivity contribution in [3.8, 4) is 5.75 Å². The monoisotopic (exact) mass is 269 g/mol. The van der Waals surface area contributed by atoms with Crippen molar-refractivity contribution >= 4 is 11.6 Å². The van der Waals surface area contributed by atoms with Gasteiger partial charge in [0, 0.05) is 12.6 Å². The third-order valence-corrected chi connectivity index (χ3v) is 2.91. The lowest BCUT2D eigenvalue weighted by Crippen LogP contribution is -2.00. The van der Waals surface area contributed by atoms with Gasteiger partial charge in [0.1, 0.15) is 11.3 Å². The molecule has 3 aromatic rings. The molecule has 0 bridgehead atoms. The van der Waals surface area contributed by atoms with Crippen molar-refractivity contribution in [3.63, 3.8) is 0 Å². The number of pyridine rings is 1. The van der Waals surface area contributed by atoms with Gasteiger partial charge in [-0.3, -0.25) is 0 Å². The summed E-state index contributed by atoms with van der Waals surface area (Å²) in [5.74, 6) is -0.353. The summed E-state index contributed by atoms with van der Waals surface area (Å²) in [4.78, 5) is 15.4.